The number of aldehydes is 1. The zero-order valence-electron chi connectivity index (χ0n) is 15.7. The van der Waals surface area contributed by atoms with Gasteiger partial charge in [-0.3, -0.25) is 4.79 Å². The van der Waals surface area contributed by atoms with Gasteiger partial charge in [0.25, 0.3) is 0 Å². The Kier molecular flexibility index (Phi) is 6.29. The standard InChI is InChI=1S/C20H27F2N3O2/c1-15-12-19(3-2-18(15)14-26)23-8-4-16(5-9-23)13-17-6-10-24(11-7-17)20(27)25(21)22/h2-3,12,14,16-17H,4-11,13H2,1H3. The number of nitrogens with zero attached hydrogens (tertiary/aromatic N) is 3. The highest BCUT2D eigenvalue weighted by Crippen LogP contribution is 2.32. The SMILES string of the molecule is Cc1cc(N2CCC(CC3CCN(C(=O)N(F)F)CC3)CC2)ccc1C=O. The number of amides is 2. The van der Waals surface area contributed by atoms with Gasteiger partial charge in [0.1, 0.15) is 6.29 Å². The summed E-state index contributed by atoms with van der Waals surface area (Å²) in [6.45, 7) is 4.81. The molecule has 1 aromatic carbocycles. The molecule has 2 amide bonds. The van der Waals surface area contributed by atoms with E-state index in [4.69, 9.17) is 0 Å². The number of hydrogen-bond acceptors (Lipinski definition) is 3. The lowest BCUT2D eigenvalue weighted by Crippen LogP contribution is -2.42. The highest BCUT2D eigenvalue weighted by molar-refractivity contribution is 5.78. The average molecular weight is 379 g/mol. The molecule has 2 aliphatic rings. The van der Waals surface area contributed by atoms with Crippen molar-refractivity contribution in [1.82, 2.24) is 10.2 Å². The van der Waals surface area contributed by atoms with Crippen LogP contribution in [0.2, 0.25) is 0 Å². The minimum Gasteiger partial charge on any atom is -0.372 e. The second kappa shape index (κ2) is 8.67. The van der Waals surface area contributed by atoms with E-state index < -0.39 is 11.4 Å². The Balaban J connectivity index is 1.44. The van der Waals surface area contributed by atoms with Gasteiger partial charge in [0, 0.05) is 42.8 Å². The Labute approximate surface area is 158 Å². The number of carbonyl (C=O) groups is 2. The lowest BCUT2D eigenvalue weighted by Gasteiger charge is -2.37. The number of anilines is 1. The summed E-state index contributed by atoms with van der Waals surface area (Å²) >= 11 is 0. The van der Waals surface area contributed by atoms with Gasteiger partial charge in [-0.25, -0.2) is 4.79 Å². The van der Waals surface area contributed by atoms with E-state index in [1.54, 1.807) is 0 Å². The number of piperidine rings is 2. The molecule has 2 saturated heterocycles. The summed E-state index contributed by atoms with van der Waals surface area (Å²) in [4.78, 5) is 25.9. The summed E-state index contributed by atoms with van der Waals surface area (Å²) in [6.07, 6.45) is 5.88. The molecule has 1 aromatic rings. The van der Waals surface area contributed by atoms with Crippen LogP contribution in [0.4, 0.5) is 19.4 Å². The second-order valence-electron chi connectivity index (χ2n) is 7.77. The first-order valence-electron chi connectivity index (χ1n) is 9.69. The van der Waals surface area contributed by atoms with Gasteiger partial charge in [0.15, 0.2) is 0 Å². The van der Waals surface area contributed by atoms with Gasteiger partial charge >= 0.3 is 6.03 Å². The minimum atomic E-state index is -1.32. The molecule has 0 saturated carbocycles. The van der Waals surface area contributed by atoms with Crippen molar-refractivity contribution in [2.75, 3.05) is 31.1 Å². The topological polar surface area (TPSA) is 43.9 Å². The van der Waals surface area contributed by atoms with Crippen molar-refractivity contribution in [3.63, 3.8) is 0 Å². The van der Waals surface area contributed by atoms with Crippen LogP contribution >= 0.6 is 0 Å². The number of likely N-dealkylation sites (tertiary alicyclic amines) is 1. The first-order chi connectivity index (χ1) is 13.0. The maximum Gasteiger partial charge on any atom is 0.378 e. The Bertz CT molecular complexity index is 667. The fraction of sp³-hybridized carbons (Fsp3) is 0.600. The third kappa shape index (κ3) is 4.76. The Morgan fingerprint density at radius 3 is 2.22 bits per heavy atom. The normalized spacial score (nSPS) is 19.2. The lowest BCUT2D eigenvalue weighted by atomic mass is 9.82. The molecule has 0 unspecified atom stereocenters. The fourth-order valence-electron chi connectivity index (χ4n) is 4.35. The Morgan fingerprint density at radius 2 is 1.70 bits per heavy atom. The molecule has 0 N–H and O–H groups in total. The quantitative estimate of drug-likeness (QED) is 0.578. The summed E-state index contributed by atoms with van der Waals surface area (Å²) in [5.41, 5.74) is 2.92. The van der Waals surface area contributed by atoms with Crippen molar-refractivity contribution in [2.24, 2.45) is 11.8 Å². The monoisotopic (exact) mass is 379 g/mol. The summed E-state index contributed by atoms with van der Waals surface area (Å²) < 4.78 is 24.7. The summed E-state index contributed by atoms with van der Waals surface area (Å²) in [6, 6.07) is 4.80. The molecule has 2 aliphatic heterocycles. The molecule has 0 radical (unpaired) electrons. The van der Waals surface area contributed by atoms with Gasteiger partial charge in [0.2, 0.25) is 0 Å². The molecule has 148 valence electrons. The van der Waals surface area contributed by atoms with Crippen LogP contribution in [0.25, 0.3) is 0 Å². The van der Waals surface area contributed by atoms with E-state index >= 15 is 0 Å². The maximum atomic E-state index is 12.3. The molecule has 0 aliphatic carbocycles. The number of rotatable bonds is 4. The van der Waals surface area contributed by atoms with Crippen molar-refractivity contribution in [3.8, 4) is 0 Å². The van der Waals surface area contributed by atoms with Crippen LogP contribution in [0.5, 0.6) is 0 Å². The number of benzene rings is 1. The minimum absolute atomic E-state index is 0.426. The van der Waals surface area contributed by atoms with Gasteiger partial charge in [-0.2, -0.15) is 0 Å². The van der Waals surface area contributed by atoms with Crippen LogP contribution in [-0.2, 0) is 0 Å². The van der Waals surface area contributed by atoms with Gasteiger partial charge in [-0.15, -0.1) is 0 Å². The average Bonchev–Trinajstić information content (AvgIpc) is 2.68. The predicted octanol–water partition coefficient (Wildman–Crippen LogP) is 4.32. The largest absolute Gasteiger partial charge is 0.378 e. The molecule has 27 heavy (non-hydrogen) atoms. The highest BCUT2D eigenvalue weighted by Gasteiger charge is 2.29. The third-order valence-electron chi connectivity index (χ3n) is 6.06. The number of carbonyl (C=O) groups excluding carboxylic acids is 2. The van der Waals surface area contributed by atoms with E-state index in [1.165, 1.54) is 10.6 Å². The Morgan fingerprint density at radius 1 is 1.11 bits per heavy atom. The molecule has 0 spiro atoms. The molecular formula is C20H27F2N3O2. The van der Waals surface area contributed by atoms with Crippen LogP contribution < -0.4 is 4.90 Å². The van der Waals surface area contributed by atoms with E-state index in [1.807, 2.05) is 19.1 Å². The van der Waals surface area contributed by atoms with Crippen LogP contribution in [0.3, 0.4) is 0 Å². The van der Waals surface area contributed by atoms with Crippen molar-refractivity contribution < 1.29 is 18.6 Å². The van der Waals surface area contributed by atoms with Gasteiger partial charge in [-0.05, 0) is 74.6 Å². The summed E-state index contributed by atoms with van der Waals surface area (Å²) in [5.74, 6) is 1.18. The molecule has 2 heterocycles. The van der Waals surface area contributed by atoms with Crippen molar-refractivity contribution >= 4 is 18.0 Å². The van der Waals surface area contributed by atoms with Crippen LogP contribution in [0.15, 0.2) is 18.2 Å². The predicted molar refractivity (Wildman–Crippen MR) is 99.9 cm³/mol. The maximum absolute atomic E-state index is 12.3. The van der Waals surface area contributed by atoms with Crippen LogP contribution in [0, 0.1) is 18.8 Å². The zero-order chi connectivity index (χ0) is 19.4. The van der Waals surface area contributed by atoms with E-state index in [0.29, 0.717) is 24.9 Å². The molecule has 5 nitrogen and oxygen atoms in total. The number of urea groups is 1. The first kappa shape index (κ1) is 19.6. The molecule has 0 bridgehead atoms. The second-order valence-corrected chi connectivity index (χ2v) is 7.77. The molecule has 2 fully saturated rings. The number of aryl methyl sites for hydroxylation is 1. The zero-order valence-corrected chi connectivity index (χ0v) is 15.7. The molecular weight excluding hydrogens is 352 g/mol. The van der Waals surface area contributed by atoms with Crippen molar-refractivity contribution in [1.29, 1.82) is 0 Å². The number of halogens is 2. The van der Waals surface area contributed by atoms with Gasteiger partial charge in [-0.1, -0.05) is 8.96 Å². The fourth-order valence-corrected chi connectivity index (χ4v) is 4.35. The van der Waals surface area contributed by atoms with E-state index in [-0.39, 0.29) is 0 Å². The third-order valence-corrected chi connectivity index (χ3v) is 6.06. The van der Waals surface area contributed by atoms with Gasteiger partial charge < -0.3 is 9.80 Å². The smallest absolute Gasteiger partial charge is 0.372 e. The highest BCUT2D eigenvalue weighted by atomic mass is 19.4. The summed E-state index contributed by atoms with van der Waals surface area (Å²) in [5, 5.41) is -1.32. The molecule has 3 rings (SSSR count). The summed E-state index contributed by atoms with van der Waals surface area (Å²) in [7, 11) is 0. The van der Waals surface area contributed by atoms with Gasteiger partial charge in [0.05, 0.1) is 0 Å². The van der Waals surface area contributed by atoms with E-state index in [2.05, 4.69) is 11.0 Å². The van der Waals surface area contributed by atoms with Crippen LogP contribution in [-0.4, -0.2) is 48.7 Å². The molecule has 7 heteroatoms. The molecule has 0 aromatic heterocycles. The number of hydrogen-bond donors (Lipinski definition) is 0. The van der Waals surface area contributed by atoms with Crippen LogP contribution in [0.1, 0.15) is 48.0 Å². The van der Waals surface area contributed by atoms with E-state index in [9.17, 15) is 18.6 Å². The van der Waals surface area contributed by atoms with Crippen molar-refractivity contribution in [2.45, 2.75) is 39.0 Å². The Hall–Kier alpha value is -2.18. The first-order valence-corrected chi connectivity index (χ1v) is 9.69. The van der Waals surface area contributed by atoms with E-state index in [0.717, 1.165) is 62.6 Å². The molecule has 0 atom stereocenters. The lowest BCUT2D eigenvalue weighted by molar-refractivity contribution is -0.112. The van der Waals surface area contributed by atoms with Crippen molar-refractivity contribution in [3.05, 3.63) is 29.3 Å².